The molecule has 2 atom stereocenters. The zero-order valence-electron chi connectivity index (χ0n) is 20.3. The molecule has 0 radical (unpaired) electrons. The van der Waals surface area contributed by atoms with Gasteiger partial charge in [0.05, 0.1) is 18.8 Å². The molecule has 3 aromatic rings. The topological polar surface area (TPSA) is 111 Å². The van der Waals surface area contributed by atoms with Crippen molar-refractivity contribution in [1.82, 2.24) is 19.2 Å². The van der Waals surface area contributed by atoms with Crippen LogP contribution in [-0.4, -0.2) is 48.4 Å². The highest BCUT2D eigenvalue weighted by molar-refractivity contribution is 7.89. The minimum Gasteiger partial charge on any atom is -0.496 e. The third-order valence-corrected chi connectivity index (χ3v) is 9.36. The first kappa shape index (κ1) is 25.3. The molecule has 0 saturated carbocycles. The van der Waals surface area contributed by atoms with Crippen LogP contribution in [0.3, 0.4) is 0 Å². The van der Waals surface area contributed by atoms with Crippen molar-refractivity contribution in [3.63, 3.8) is 0 Å². The van der Waals surface area contributed by atoms with Crippen LogP contribution in [0.4, 0.5) is 0 Å². The summed E-state index contributed by atoms with van der Waals surface area (Å²) in [6, 6.07) is 7.32. The first-order valence-electron chi connectivity index (χ1n) is 11.5. The molecule has 0 spiro atoms. The van der Waals surface area contributed by atoms with Crippen LogP contribution >= 0.6 is 11.3 Å². The fourth-order valence-corrected chi connectivity index (χ4v) is 8.07. The Morgan fingerprint density at radius 1 is 1.23 bits per heavy atom. The number of carbonyl (C=O) groups is 1. The van der Waals surface area contributed by atoms with Crippen LogP contribution in [0.1, 0.15) is 30.7 Å². The van der Waals surface area contributed by atoms with Crippen molar-refractivity contribution in [2.75, 3.05) is 20.2 Å². The zero-order valence-corrected chi connectivity index (χ0v) is 21.9. The molecule has 1 aliphatic rings. The number of methoxy groups -OCH3 is 1. The molecule has 0 aliphatic carbocycles. The van der Waals surface area contributed by atoms with Gasteiger partial charge in [-0.3, -0.25) is 14.2 Å². The summed E-state index contributed by atoms with van der Waals surface area (Å²) in [7, 11) is -2.33. The summed E-state index contributed by atoms with van der Waals surface area (Å²) in [6.45, 7) is 6.56. The van der Waals surface area contributed by atoms with Gasteiger partial charge in [-0.15, -0.1) is 11.3 Å². The Morgan fingerprint density at radius 2 is 1.91 bits per heavy atom. The highest BCUT2D eigenvalue weighted by atomic mass is 32.2. The molecule has 1 aliphatic heterocycles. The first-order chi connectivity index (χ1) is 16.6. The molecule has 3 heterocycles. The second-order valence-corrected chi connectivity index (χ2v) is 12.3. The van der Waals surface area contributed by atoms with Crippen LogP contribution < -0.4 is 15.6 Å². The number of piperidine rings is 1. The summed E-state index contributed by atoms with van der Waals surface area (Å²) in [6.07, 6.45) is 2.26. The molecule has 1 saturated heterocycles. The SMILES string of the molecule is COc1ccccc1CNC(=O)Cn1cnc2sc(C)c(S(=O)(=O)N3C[C@@H](C)C[C@H](C)C3)c2c1=O. The van der Waals surface area contributed by atoms with Crippen LogP contribution in [0, 0.1) is 18.8 Å². The predicted octanol–water partition coefficient (Wildman–Crippen LogP) is 2.76. The van der Waals surface area contributed by atoms with Gasteiger partial charge in [-0.2, -0.15) is 4.31 Å². The highest BCUT2D eigenvalue weighted by Crippen LogP contribution is 2.35. The minimum absolute atomic E-state index is 0.0140. The standard InChI is InChI=1S/C24H30N4O5S2/c1-15-9-16(2)12-28(11-15)35(31,32)22-17(3)34-23-21(22)24(30)27(14-26-23)13-20(29)25-10-18-7-5-6-8-19(18)33-4/h5-8,14-16H,9-13H2,1-4H3,(H,25,29)/t15-,16-/m0/s1. The second-order valence-electron chi connectivity index (χ2n) is 9.20. The van der Waals surface area contributed by atoms with Gasteiger partial charge in [-0.05, 0) is 31.2 Å². The fourth-order valence-electron chi connectivity index (χ4n) is 4.72. The van der Waals surface area contributed by atoms with E-state index in [1.807, 2.05) is 32.0 Å². The molecule has 2 aromatic heterocycles. The van der Waals surface area contributed by atoms with E-state index in [2.05, 4.69) is 10.3 Å². The summed E-state index contributed by atoms with van der Waals surface area (Å²) < 4.78 is 35.2. The van der Waals surface area contributed by atoms with E-state index in [0.29, 0.717) is 28.5 Å². The van der Waals surface area contributed by atoms with E-state index in [0.717, 1.165) is 16.6 Å². The lowest BCUT2D eigenvalue weighted by Gasteiger charge is -2.34. The third kappa shape index (κ3) is 5.12. The minimum atomic E-state index is -3.89. The second kappa shape index (κ2) is 10.1. The van der Waals surface area contributed by atoms with Gasteiger partial charge in [0.15, 0.2) is 0 Å². The average molecular weight is 519 g/mol. The van der Waals surface area contributed by atoms with Gasteiger partial charge in [0.1, 0.15) is 22.0 Å². The summed E-state index contributed by atoms with van der Waals surface area (Å²) in [5.41, 5.74) is 0.263. The van der Waals surface area contributed by atoms with Crippen molar-refractivity contribution in [3.05, 3.63) is 51.4 Å². The Balaban J connectivity index is 1.62. The Kier molecular flexibility index (Phi) is 7.30. The lowest BCUT2D eigenvalue weighted by molar-refractivity contribution is -0.121. The number of sulfonamides is 1. The van der Waals surface area contributed by atoms with Gasteiger partial charge in [0.25, 0.3) is 5.56 Å². The molecule has 0 unspecified atom stereocenters. The lowest BCUT2D eigenvalue weighted by Crippen LogP contribution is -2.43. The van der Waals surface area contributed by atoms with Crippen molar-refractivity contribution in [3.8, 4) is 5.75 Å². The number of amides is 1. The van der Waals surface area contributed by atoms with Crippen LogP contribution in [0.15, 0.2) is 40.3 Å². The van der Waals surface area contributed by atoms with Gasteiger partial charge in [-0.25, -0.2) is 13.4 Å². The summed E-state index contributed by atoms with van der Waals surface area (Å²) in [4.78, 5) is 31.2. The summed E-state index contributed by atoms with van der Waals surface area (Å²) in [5.74, 6) is 0.730. The maximum atomic E-state index is 13.6. The number of ether oxygens (including phenoxy) is 1. The smallest absolute Gasteiger partial charge is 0.263 e. The number of para-hydroxylation sites is 1. The Bertz CT molecular complexity index is 1400. The molecular weight excluding hydrogens is 488 g/mol. The van der Waals surface area contributed by atoms with Gasteiger partial charge >= 0.3 is 0 Å². The number of aryl methyl sites for hydroxylation is 1. The van der Waals surface area contributed by atoms with E-state index < -0.39 is 21.5 Å². The monoisotopic (exact) mass is 518 g/mol. The molecule has 0 bridgehead atoms. The Hall–Kier alpha value is -2.76. The van der Waals surface area contributed by atoms with Crippen molar-refractivity contribution in [2.45, 2.75) is 45.2 Å². The van der Waals surface area contributed by atoms with Gasteiger partial charge in [0, 0.05) is 30.1 Å². The number of carbonyl (C=O) groups excluding carboxylic acids is 1. The summed E-state index contributed by atoms with van der Waals surface area (Å²) >= 11 is 1.18. The van der Waals surface area contributed by atoms with Crippen molar-refractivity contribution < 1.29 is 17.9 Å². The predicted molar refractivity (Wildman–Crippen MR) is 135 cm³/mol. The number of aromatic nitrogens is 2. The van der Waals surface area contributed by atoms with Gasteiger partial charge in [0.2, 0.25) is 15.9 Å². The summed E-state index contributed by atoms with van der Waals surface area (Å²) in [5, 5.41) is 2.83. The average Bonchev–Trinajstić information content (AvgIpc) is 3.16. The van der Waals surface area contributed by atoms with Gasteiger partial charge < -0.3 is 10.1 Å². The fraction of sp³-hybridized carbons (Fsp3) is 0.458. The van der Waals surface area contributed by atoms with E-state index in [9.17, 15) is 18.0 Å². The van der Waals surface area contributed by atoms with E-state index >= 15 is 0 Å². The number of nitrogens with zero attached hydrogens (tertiary/aromatic N) is 3. The maximum absolute atomic E-state index is 13.6. The number of rotatable bonds is 7. The number of hydrogen-bond donors (Lipinski definition) is 1. The number of nitrogens with one attached hydrogen (secondary N) is 1. The normalized spacial score (nSPS) is 19.1. The highest BCUT2D eigenvalue weighted by Gasteiger charge is 2.35. The van der Waals surface area contributed by atoms with Crippen LogP contribution in [0.2, 0.25) is 0 Å². The van der Waals surface area contributed by atoms with Crippen molar-refractivity contribution in [2.24, 2.45) is 11.8 Å². The van der Waals surface area contributed by atoms with E-state index in [1.165, 1.54) is 22.0 Å². The quantitative estimate of drug-likeness (QED) is 0.515. The number of hydrogen-bond acceptors (Lipinski definition) is 7. The molecule has 1 aromatic carbocycles. The van der Waals surface area contributed by atoms with E-state index in [1.54, 1.807) is 20.1 Å². The Labute approximate surface area is 208 Å². The number of benzene rings is 1. The Morgan fingerprint density at radius 3 is 2.60 bits per heavy atom. The number of thiophene rings is 1. The van der Waals surface area contributed by atoms with E-state index in [4.69, 9.17) is 4.74 Å². The van der Waals surface area contributed by atoms with Crippen molar-refractivity contribution >= 4 is 37.5 Å². The van der Waals surface area contributed by atoms with Crippen LogP contribution in [0.25, 0.3) is 10.2 Å². The molecule has 35 heavy (non-hydrogen) atoms. The molecular formula is C24H30N4O5S2. The van der Waals surface area contributed by atoms with Crippen molar-refractivity contribution in [1.29, 1.82) is 0 Å². The van der Waals surface area contributed by atoms with E-state index in [-0.39, 0.29) is 35.2 Å². The molecule has 188 valence electrons. The molecule has 11 heteroatoms. The largest absolute Gasteiger partial charge is 0.496 e. The molecule has 9 nitrogen and oxygen atoms in total. The van der Waals surface area contributed by atoms with Crippen LogP contribution in [-0.2, 0) is 27.9 Å². The molecule has 1 fully saturated rings. The molecule has 1 amide bonds. The first-order valence-corrected chi connectivity index (χ1v) is 13.7. The van der Waals surface area contributed by atoms with Crippen LogP contribution in [0.5, 0.6) is 5.75 Å². The maximum Gasteiger partial charge on any atom is 0.263 e. The number of fused-ring (bicyclic) bond motifs is 1. The van der Waals surface area contributed by atoms with Gasteiger partial charge in [-0.1, -0.05) is 32.0 Å². The third-order valence-electron chi connectivity index (χ3n) is 6.22. The molecule has 1 N–H and O–H groups in total. The lowest BCUT2D eigenvalue weighted by atomic mass is 9.94. The molecule has 4 rings (SSSR count). The zero-order chi connectivity index (χ0) is 25.3.